The zero-order valence-electron chi connectivity index (χ0n) is 7.60. The number of likely N-dealkylation sites (tertiary alicyclic amines) is 1. The number of carbonyl (C=O) groups excluding carboxylic acids is 1. The van der Waals surface area contributed by atoms with E-state index in [-0.39, 0.29) is 24.7 Å². The van der Waals surface area contributed by atoms with E-state index in [1.807, 2.05) is 0 Å². The van der Waals surface area contributed by atoms with E-state index in [1.54, 1.807) is 0 Å². The van der Waals surface area contributed by atoms with Crippen LogP contribution in [0.15, 0.2) is 0 Å². The molecule has 0 spiro atoms. The standard InChI is InChI=1S/C8H12N2O4/c11-7-4-14-6-1-2-10(8(12)13)3-5(6)9-7/h5-6H,1-4H2,(H,9,11)(H,12,13)/t5-,6+/m1/s1. The van der Waals surface area contributed by atoms with Gasteiger partial charge in [0.15, 0.2) is 0 Å². The van der Waals surface area contributed by atoms with Crippen LogP contribution in [0, 0.1) is 0 Å². The second-order valence-corrected chi connectivity index (χ2v) is 3.54. The van der Waals surface area contributed by atoms with E-state index in [0.717, 1.165) is 0 Å². The fourth-order valence-electron chi connectivity index (χ4n) is 1.87. The van der Waals surface area contributed by atoms with Crippen molar-refractivity contribution < 1.29 is 19.4 Å². The van der Waals surface area contributed by atoms with E-state index in [0.29, 0.717) is 19.5 Å². The van der Waals surface area contributed by atoms with E-state index in [2.05, 4.69) is 5.32 Å². The second-order valence-electron chi connectivity index (χ2n) is 3.54. The molecular formula is C8H12N2O4. The maximum atomic E-state index is 11.0. The summed E-state index contributed by atoms with van der Waals surface area (Å²) in [6.07, 6.45) is -0.316. The second kappa shape index (κ2) is 3.45. The Morgan fingerprint density at radius 3 is 3.14 bits per heavy atom. The molecule has 6 heteroatoms. The number of hydrogen-bond donors (Lipinski definition) is 2. The van der Waals surface area contributed by atoms with Gasteiger partial charge in [0.25, 0.3) is 0 Å². The molecule has 2 aliphatic rings. The molecule has 2 rings (SSSR count). The summed E-state index contributed by atoms with van der Waals surface area (Å²) in [5.74, 6) is -0.168. The van der Waals surface area contributed by atoms with Crippen molar-refractivity contribution in [2.75, 3.05) is 19.7 Å². The minimum Gasteiger partial charge on any atom is -0.465 e. The number of carbonyl (C=O) groups is 2. The molecular weight excluding hydrogens is 188 g/mol. The first-order chi connectivity index (χ1) is 6.66. The van der Waals surface area contributed by atoms with Crippen molar-refractivity contribution >= 4 is 12.0 Å². The SMILES string of the molecule is O=C1CO[C@H]2CCN(C(=O)O)C[C@H]2N1. The van der Waals surface area contributed by atoms with Crippen molar-refractivity contribution in [2.45, 2.75) is 18.6 Å². The number of amides is 2. The van der Waals surface area contributed by atoms with Gasteiger partial charge in [0.05, 0.1) is 12.1 Å². The van der Waals surface area contributed by atoms with Crippen molar-refractivity contribution in [1.82, 2.24) is 10.2 Å². The molecule has 2 saturated heterocycles. The predicted molar refractivity (Wildman–Crippen MR) is 45.9 cm³/mol. The molecule has 2 heterocycles. The normalized spacial score (nSPS) is 32.0. The summed E-state index contributed by atoms with van der Waals surface area (Å²) >= 11 is 0. The first-order valence-corrected chi connectivity index (χ1v) is 4.55. The average Bonchev–Trinajstić information content (AvgIpc) is 2.16. The van der Waals surface area contributed by atoms with Gasteiger partial charge in [-0.3, -0.25) is 4.79 Å². The van der Waals surface area contributed by atoms with E-state index < -0.39 is 6.09 Å². The number of morpholine rings is 1. The average molecular weight is 200 g/mol. The number of fused-ring (bicyclic) bond motifs is 1. The Bertz CT molecular complexity index is 266. The molecule has 78 valence electrons. The van der Waals surface area contributed by atoms with Crippen LogP contribution in [0.1, 0.15) is 6.42 Å². The highest BCUT2D eigenvalue weighted by molar-refractivity contribution is 5.78. The Morgan fingerprint density at radius 1 is 1.64 bits per heavy atom. The fraction of sp³-hybridized carbons (Fsp3) is 0.750. The summed E-state index contributed by atoms with van der Waals surface area (Å²) in [4.78, 5) is 23.0. The maximum Gasteiger partial charge on any atom is 0.407 e. The molecule has 0 saturated carbocycles. The minimum absolute atomic E-state index is 0.0247. The van der Waals surface area contributed by atoms with Gasteiger partial charge in [0.1, 0.15) is 6.61 Å². The molecule has 0 aromatic carbocycles. The predicted octanol–water partition coefficient (Wildman–Crippen LogP) is -0.746. The number of nitrogens with one attached hydrogen (secondary N) is 1. The van der Waals surface area contributed by atoms with E-state index >= 15 is 0 Å². The van der Waals surface area contributed by atoms with Crippen molar-refractivity contribution in [3.63, 3.8) is 0 Å². The topological polar surface area (TPSA) is 78.9 Å². The quantitative estimate of drug-likeness (QED) is 0.539. The fourth-order valence-corrected chi connectivity index (χ4v) is 1.87. The van der Waals surface area contributed by atoms with E-state index in [4.69, 9.17) is 9.84 Å². The third-order valence-electron chi connectivity index (χ3n) is 2.59. The lowest BCUT2D eigenvalue weighted by molar-refractivity contribution is -0.139. The molecule has 14 heavy (non-hydrogen) atoms. The third kappa shape index (κ3) is 1.65. The van der Waals surface area contributed by atoms with Gasteiger partial charge in [-0.2, -0.15) is 0 Å². The van der Waals surface area contributed by atoms with Crippen LogP contribution in [0.3, 0.4) is 0 Å². The van der Waals surface area contributed by atoms with Crippen LogP contribution in [0.5, 0.6) is 0 Å². The molecule has 2 atom stereocenters. The molecule has 0 aromatic heterocycles. The van der Waals surface area contributed by atoms with Crippen LogP contribution in [0.4, 0.5) is 4.79 Å². The number of hydrogen-bond acceptors (Lipinski definition) is 3. The van der Waals surface area contributed by atoms with Gasteiger partial charge in [-0.1, -0.05) is 0 Å². The Labute approximate surface area is 80.8 Å². The molecule has 0 aromatic rings. The molecule has 6 nitrogen and oxygen atoms in total. The zero-order chi connectivity index (χ0) is 10.1. The molecule has 0 bridgehead atoms. The minimum atomic E-state index is -0.941. The number of piperidine rings is 1. The lowest BCUT2D eigenvalue weighted by Crippen LogP contribution is -2.60. The molecule has 0 radical (unpaired) electrons. The maximum absolute atomic E-state index is 11.0. The molecule has 2 N–H and O–H groups in total. The highest BCUT2D eigenvalue weighted by Gasteiger charge is 2.36. The molecule has 0 aliphatic carbocycles. The Balaban J connectivity index is 1.99. The summed E-state index contributed by atoms with van der Waals surface area (Å²) in [6.45, 7) is 0.895. The molecule has 2 amide bonds. The molecule has 2 fully saturated rings. The summed E-state index contributed by atoms with van der Waals surface area (Å²) in [6, 6.07) is -0.180. The van der Waals surface area contributed by atoms with Gasteiger partial charge in [-0.25, -0.2) is 4.79 Å². The Kier molecular flexibility index (Phi) is 2.28. The number of nitrogens with zero attached hydrogens (tertiary/aromatic N) is 1. The first-order valence-electron chi connectivity index (χ1n) is 4.55. The lowest BCUT2D eigenvalue weighted by atomic mass is 10.0. The van der Waals surface area contributed by atoms with Crippen LogP contribution in [-0.4, -0.2) is 53.8 Å². The highest BCUT2D eigenvalue weighted by Crippen LogP contribution is 2.17. The van der Waals surface area contributed by atoms with Gasteiger partial charge >= 0.3 is 6.09 Å². The first kappa shape index (κ1) is 9.26. The Morgan fingerprint density at radius 2 is 2.43 bits per heavy atom. The summed E-state index contributed by atoms with van der Waals surface area (Å²) < 4.78 is 5.29. The highest BCUT2D eigenvalue weighted by atomic mass is 16.5. The molecule has 2 aliphatic heterocycles. The number of ether oxygens (including phenoxy) is 1. The summed E-state index contributed by atoms with van der Waals surface area (Å²) in [5, 5.41) is 11.5. The largest absolute Gasteiger partial charge is 0.465 e. The van der Waals surface area contributed by atoms with Gasteiger partial charge in [-0.05, 0) is 6.42 Å². The van der Waals surface area contributed by atoms with Gasteiger partial charge in [0.2, 0.25) is 5.91 Å². The van der Waals surface area contributed by atoms with Crippen molar-refractivity contribution in [3.05, 3.63) is 0 Å². The van der Waals surface area contributed by atoms with Crippen molar-refractivity contribution in [2.24, 2.45) is 0 Å². The van der Waals surface area contributed by atoms with Crippen LogP contribution in [0.2, 0.25) is 0 Å². The van der Waals surface area contributed by atoms with Crippen LogP contribution < -0.4 is 5.32 Å². The van der Waals surface area contributed by atoms with Crippen molar-refractivity contribution in [1.29, 1.82) is 0 Å². The van der Waals surface area contributed by atoms with Crippen LogP contribution in [0.25, 0.3) is 0 Å². The lowest BCUT2D eigenvalue weighted by Gasteiger charge is -2.39. The molecule has 0 unspecified atom stereocenters. The Hall–Kier alpha value is -1.30. The smallest absolute Gasteiger partial charge is 0.407 e. The van der Waals surface area contributed by atoms with E-state index in [9.17, 15) is 9.59 Å². The monoisotopic (exact) mass is 200 g/mol. The number of rotatable bonds is 0. The third-order valence-corrected chi connectivity index (χ3v) is 2.59. The zero-order valence-corrected chi connectivity index (χ0v) is 7.60. The van der Waals surface area contributed by atoms with Gasteiger partial charge in [-0.15, -0.1) is 0 Å². The van der Waals surface area contributed by atoms with E-state index in [1.165, 1.54) is 4.90 Å². The van der Waals surface area contributed by atoms with Crippen LogP contribution in [-0.2, 0) is 9.53 Å². The number of carboxylic acid groups (broad SMARTS) is 1. The summed E-state index contributed by atoms with van der Waals surface area (Å²) in [7, 11) is 0. The van der Waals surface area contributed by atoms with Crippen molar-refractivity contribution in [3.8, 4) is 0 Å². The van der Waals surface area contributed by atoms with Gasteiger partial charge in [0, 0.05) is 13.1 Å². The summed E-state index contributed by atoms with van der Waals surface area (Å²) in [5.41, 5.74) is 0. The van der Waals surface area contributed by atoms with Gasteiger partial charge < -0.3 is 20.1 Å². The van der Waals surface area contributed by atoms with Crippen LogP contribution >= 0.6 is 0 Å².